The van der Waals surface area contributed by atoms with Gasteiger partial charge in [0.05, 0.1) is 5.39 Å². The second-order valence-electron chi connectivity index (χ2n) is 4.28. The summed E-state index contributed by atoms with van der Waals surface area (Å²) in [6, 6.07) is 6.99. The number of hydrogen-bond donors (Lipinski definition) is 1. The summed E-state index contributed by atoms with van der Waals surface area (Å²) in [6.07, 6.45) is 1.32. The van der Waals surface area contributed by atoms with Crippen LogP contribution in [0, 0.1) is 11.8 Å². The number of rotatable bonds is 0. The average molecular weight is 228 g/mol. The molecule has 1 aromatic heterocycles. The molecule has 2 aromatic rings. The van der Waals surface area contributed by atoms with Gasteiger partial charge in [-0.3, -0.25) is 4.79 Å². The maximum Gasteiger partial charge on any atom is 0.208 e. The van der Waals surface area contributed by atoms with Gasteiger partial charge in [0.1, 0.15) is 23.0 Å². The molecule has 1 N–H and O–H groups in total. The molecule has 86 valence electrons. The molecule has 3 nitrogen and oxygen atoms in total. The average Bonchev–Trinajstić information content (AvgIpc) is 2.27. The Morgan fingerprint density at radius 1 is 1.29 bits per heavy atom. The quantitative estimate of drug-likeness (QED) is 0.701. The van der Waals surface area contributed by atoms with Crippen LogP contribution in [0.25, 0.3) is 11.0 Å². The van der Waals surface area contributed by atoms with Gasteiger partial charge in [-0.2, -0.15) is 0 Å². The Labute approximate surface area is 98.7 Å². The zero-order valence-electron chi connectivity index (χ0n) is 9.65. The van der Waals surface area contributed by atoms with Gasteiger partial charge in [-0.05, 0) is 26.0 Å². The van der Waals surface area contributed by atoms with E-state index in [0.29, 0.717) is 11.0 Å². The molecule has 0 unspecified atom stereocenters. The lowest BCUT2D eigenvalue weighted by Gasteiger charge is -2.05. The van der Waals surface area contributed by atoms with Crippen molar-refractivity contribution in [2.45, 2.75) is 19.4 Å². The van der Waals surface area contributed by atoms with E-state index in [1.165, 1.54) is 6.26 Å². The Morgan fingerprint density at radius 2 is 2.00 bits per heavy atom. The smallest absolute Gasteiger partial charge is 0.208 e. The second-order valence-corrected chi connectivity index (χ2v) is 4.28. The number of hydrogen-bond acceptors (Lipinski definition) is 3. The van der Waals surface area contributed by atoms with Crippen molar-refractivity contribution in [3.63, 3.8) is 0 Å². The van der Waals surface area contributed by atoms with Gasteiger partial charge in [0, 0.05) is 0 Å². The van der Waals surface area contributed by atoms with E-state index in [1.54, 1.807) is 38.1 Å². The summed E-state index contributed by atoms with van der Waals surface area (Å²) in [7, 11) is 0. The van der Waals surface area contributed by atoms with Gasteiger partial charge in [-0.25, -0.2) is 0 Å². The fourth-order valence-corrected chi connectivity index (χ4v) is 1.38. The van der Waals surface area contributed by atoms with Crippen molar-refractivity contribution in [2.24, 2.45) is 0 Å². The van der Waals surface area contributed by atoms with Gasteiger partial charge in [0.25, 0.3) is 0 Å². The van der Waals surface area contributed by atoms with E-state index in [2.05, 4.69) is 11.8 Å². The highest BCUT2D eigenvalue weighted by Crippen LogP contribution is 2.10. The predicted molar refractivity (Wildman–Crippen MR) is 65.7 cm³/mol. The SMILES string of the molecule is CC(C)(O)C#Cc1coc2ccccc2c1=O. The second kappa shape index (κ2) is 4.08. The van der Waals surface area contributed by atoms with Crippen molar-refractivity contribution in [1.29, 1.82) is 0 Å². The molecule has 0 bridgehead atoms. The van der Waals surface area contributed by atoms with E-state index in [-0.39, 0.29) is 11.0 Å². The Balaban J connectivity index is 2.61. The summed E-state index contributed by atoms with van der Waals surface area (Å²) in [5.41, 5.74) is -0.515. The maximum absolute atomic E-state index is 12.0. The molecule has 2 rings (SSSR count). The van der Waals surface area contributed by atoms with Crippen LogP contribution in [0.2, 0.25) is 0 Å². The van der Waals surface area contributed by atoms with Crippen molar-refractivity contribution in [2.75, 3.05) is 0 Å². The Hall–Kier alpha value is -2.05. The molecular weight excluding hydrogens is 216 g/mol. The minimum Gasteiger partial charge on any atom is -0.463 e. The Bertz CT molecular complexity index is 663. The molecule has 0 aliphatic carbocycles. The molecule has 0 amide bonds. The lowest BCUT2D eigenvalue weighted by atomic mass is 10.1. The largest absolute Gasteiger partial charge is 0.463 e. The summed E-state index contributed by atoms with van der Waals surface area (Å²) >= 11 is 0. The van der Waals surface area contributed by atoms with E-state index in [0.717, 1.165) is 0 Å². The number of benzene rings is 1. The Kier molecular flexibility index (Phi) is 2.74. The molecule has 1 aromatic carbocycles. The molecule has 17 heavy (non-hydrogen) atoms. The molecular formula is C14H12O3. The summed E-state index contributed by atoms with van der Waals surface area (Å²) in [4.78, 5) is 12.0. The van der Waals surface area contributed by atoms with Crippen molar-refractivity contribution in [3.8, 4) is 11.8 Å². The van der Waals surface area contributed by atoms with E-state index in [4.69, 9.17) is 4.42 Å². The van der Waals surface area contributed by atoms with Gasteiger partial charge in [-0.1, -0.05) is 24.0 Å². The van der Waals surface area contributed by atoms with Crippen LogP contribution in [-0.2, 0) is 0 Å². The maximum atomic E-state index is 12.0. The van der Waals surface area contributed by atoms with Crippen LogP contribution in [0.5, 0.6) is 0 Å². The molecule has 0 aliphatic heterocycles. The lowest BCUT2D eigenvalue weighted by molar-refractivity contribution is 0.143. The molecule has 0 radical (unpaired) electrons. The molecule has 0 atom stereocenters. The Morgan fingerprint density at radius 3 is 2.71 bits per heavy atom. The van der Waals surface area contributed by atoms with E-state index in [9.17, 15) is 9.90 Å². The van der Waals surface area contributed by atoms with Crippen molar-refractivity contribution >= 4 is 11.0 Å². The van der Waals surface area contributed by atoms with Crippen LogP contribution >= 0.6 is 0 Å². The van der Waals surface area contributed by atoms with Gasteiger partial charge < -0.3 is 9.52 Å². The van der Waals surface area contributed by atoms with Crippen molar-refractivity contribution in [1.82, 2.24) is 0 Å². The van der Waals surface area contributed by atoms with E-state index >= 15 is 0 Å². The first-order chi connectivity index (χ1) is 7.97. The monoisotopic (exact) mass is 228 g/mol. The van der Waals surface area contributed by atoms with Crippen molar-refractivity contribution in [3.05, 3.63) is 46.3 Å². The molecule has 0 saturated heterocycles. The first-order valence-electron chi connectivity index (χ1n) is 5.23. The number of para-hydroxylation sites is 1. The highest BCUT2D eigenvalue weighted by Gasteiger charge is 2.08. The molecule has 0 spiro atoms. The van der Waals surface area contributed by atoms with Crippen LogP contribution in [0.1, 0.15) is 19.4 Å². The number of aliphatic hydroxyl groups is 1. The minimum absolute atomic E-state index is 0.177. The third-order valence-corrected chi connectivity index (χ3v) is 2.18. The van der Waals surface area contributed by atoms with Crippen LogP contribution < -0.4 is 5.43 Å². The third kappa shape index (κ3) is 2.55. The first-order valence-corrected chi connectivity index (χ1v) is 5.23. The standard InChI is InChI=1S/C14H12O3/c1-14(2,16)8-7-10-9-17-12-6-4-3-5-11(12)13(10)15/h3-6,9,16H,1-2H3. The molecule has 1 heterocycles. The predicted octanol–water partition coefficient (Wildman–Crippen LogP) is 1.92. The van der Waals surface area contributed by atoms with Gasteiger partial charge in [-0.15, -0.1) is 0 Å². The van der Waals surface area contributed by atoms with Crippen LogP contribution in [-0.4, -0.2) is 10.7 Å². The zero-order valence-corrected chi connectivity index (χ0v) is 9.65. The molecule has 0 aliphatic rings. The van der Waals surface area contributed by atoms with Crippen LogP contribution in [0.4, 0.5) is 0 Å². The van der Waals surface area contributed by atoms with Gasteiger partial charge in [0.15, 0.2) is 0 Å². The first kappa shape index (κ1) is 11.4. The van der Waals surface area contributed by atoms with Crippen LogP contribution in [0.15, 0.2) is 39.7 Å². The fourth-order valence-electron chi connectivity index (χ4n) is 1.38. The molecule has 0 saturated carbocycles. The highest BCUT2D eigenvalue weighted by molar-refractivity contribution is 5.77. The normalized spacial score (nSPS) is 11.0. The van der Waals surface area contributed by atoms with E-state index in [1.807, 2.05) is 0 Å². The highest BCUT2D eigenvalue weighted by atomic mass is 16.3. The van der Waals surface area contributed by atoms with Crippen molar-refractivity contribution < 1.29 is 9.52 Å². The van der Waals surface area contributed by atoms with E-state index < -0.39 is 5.60 Å². The van der Waals surface area contributed by atoms with Crippen LogP contribution in [0.3, 0.4) is 0 Å². The zero-order chi connectivity index (χ0) is 12.5. The molecule has 3 heteroatoms. The summed E-state index contributed by atoms with van der Waals surface area (Å²) in [5, 5.41) is 9.97. The van der Waals surface area contributed by atoms with Gasteiger partial charge >= 0.3 is 0 Å². The summed E-state index contributed by atoms with van der Waals surface area (Å²) < 4.78 is 5.30. The summed E-state index contributed by atoms with van der Waals surface area (Å²) in [5.74, 6) is 5.23. The molecule has 0 fully saturated rings. The topological polar surface area (TPSA) is 50.4 Å². The lowest BCUT2D eigenvalue weighted by Crippen LogP contribution is -2.15. The summed E-state index contributed by atoms with van der Waals surface area (Å²) in [6.45, 7) is 3.12. The van der Waals surface area contributed by atoms with Gasteiger partial charge in [0.2, 0.25) is 5.43 Å². The minimum atomic E-state index is -1.13. The fraction of sp³-hybridized carbons (Fsp3) is 0.214. The third-order valence-electron chi connectivity index (χ3n) is 2.18. The number of fused-ring (bicyclic) bond motifs is 1.